The normalized spacial score (nSPS) is 36.0. The molecule has 2 aromatic rings. The number of carbonyl (C=O) groups is 1. The molecule has 0 saturated carbocycles. The highest BCUT2D eigenvalue weighted by atomic mass is 16.2. The fraction of sp³-hybridized carbons (Fsp3) is 0.500. The average Bonchev–Trinajstić information content (AvgIpc) is 3.07. The quantitative estimate of drug-likeness (QED) is 0.871. The minimum Gasteiger partial charge on any atom is -0.354 e. The number of likely N-dealkylation sites (tertiary alicyclic amines) is 1. The predicted molar refractivity (Wildman–Crippen MR) is 87.9 cm³/mol. The summed E-state index contributed by atoms with van der Waals surface area (Å²) in [5, 5.41) is 0.373. The van der Waals surface area contributed by atoms with Gasteiger partial charge in [-0.25, -0.2) is 16.5 Å². The summed E-state index contributed by atoms with van der Waals surface area (Å²) in [6, 6.07) is -0.197. The SMILES string of the molecule is [2H]c1nc(N(C)[C@H]2C([2H])([2H])N(C(=O)C[N+]#[C-])C([2H])([2H])C([2H])([2H])[C@@]2([2H])C)c2cc[nH]c2n1. The van der Waals surface area contributed by atoms with Crippen LogP contribution in [0.1, 0.15) is 24.3 Å². The third-order valence-corrected chi connectivity index (χ3v) is 3.50. The van der Waals surface area contributed by atoms with E-state index in [2.05, 4.69) is 19.8 Å². The van der Waals surface area contributed by atoms with Crippen molar-refractivity contribution < 1.29 is 15.8 Å². The maximum atomic E-state index is 12.6. The monoisotopic (exact) mass is 320 g/mol. The molecule has 0 aromatic carbocycles. The highest BCUT2D eigenvalue weighted by Crippen LogP contribution is 2.28. The number of hydrogen-bond donors (Lipinski definition) is 1. The number of rotatable bonds is 3. The Hall–Kier alpha value is -2.62. The Morgan fingerprint density at radius 3 is 3.35 bits per heavy atom. The Balaban J connectivity index is 2.27. The van der Waals surface area contributed by atoms with Crippen LogP contribution in [0, 0.1) is 12.5 Å². The van der Waals surface area contributed by atoms with Gasteiger partial charge in [0.05, 0.1) is 14.2 Å². The van der Waals surface area contributed by atoms with E-state index < -0.39 is 50.1 Å². The van der Waals surface area contributed by atoms with Crippen molar-refractivity contribution >= 4 is 22.8 Å². The molecule has 0 spiro atoms. The van der Waals surface area contributed by atoms with Crippen LogP contribution in [-0.2, 0) is 4.79 Å². The molecule has 7 heteroatoms. The van der Waals surface area contributed by atoms with Crippen LogP contribution in [0.4, 0.5) is 5.82 Å². The maximum absolute atomic E-state index is 12.6. The van der Waals surface area contributed by atoms with Gasteiger partial charge in [-0.3, -0.25) is 4.79 Å². The second-order valence-corrected chi connectivity index (χ2v) is 4.99. The number of likely N-dealkylation sites (N-methyl/N-ethyl adjacent to an activating group) is 1. The number of anilines is 1. The third kappa shape index (κ3) is 2.84. The fourth-order valence-electron chi connectivity index (χ4n) is 2.32. The van der Waals surface area contributed by atoms with Crippen molar-refractivity contribution in [1.29, 1.82) is 0 Å². The van der Waals surface area contributed by atoms with Crippen molar-refractivity contribution in [1.82, 2.24) is 19.9 Å². The molecule has 1 aliphatic heterocycles. The Bertz CT molecular complexity index is 1080. The van der Waals surface area contributed by atoms with Gasteiger partial charge in [0.15, 0.2) is 0 Å². The van der Waals surface area contributed by atoms with Crippen LogP contribution < -0.4 is 4.90 Å². The number of nitrogens with zero attached hydrogens (tertiary/aromatic N) is 5. The molecule has 1 N–H and O–H groups in total. The van der Waals surface area contributed by atoms with E-state index in [-0.39, 0.29) is 16.4 Å². The lowest BCUT2D eigenvalue weighted by Crippen LogP contribution is -2.53. The van der Waals surface area contributed by atoms with E-state index >= 15 is 0 Å². The molecular weight excluding hydrogens is 292 g/mol. The minimum absolute atomic E-state index is 0.0134. The Kier molecular flexibility index (Phi) is 2.25. The molecular formula is C16H20N6O. The summed E-state index contributed by atoms with van der Waals surface area (Å²) in [6.07, 6.45) is -1.93. The van der Waals surface area contributed by atoms with Gasteiger partial charge < -0.3 is 19.6 Å². The van der Waals surface area contributed by atoms with Crippen molar-refractivity contribution in [2.24, 2.45) is 5.89 Å². The zero-order valence-electron chi connectivity index (χ0n) is 20.6. The Labute approximate surface area is 146 Å². The number of aromatic amines is 1. The predicted octanol–water partition coefficient (Wildman–Crippen LogP) is 1.55. The Morgan fingerprint density at radius 1 is 1.74 bits per heavy atom. The number of H-pyrrole nitrogens is 1. The van der Waals surface area contributed by atoms with Crippen molar-refractivity contribution in [3.05, 3.63) is 30.0 Å². The Morgan fingerprint density at radius 2 is 2.57 bits per heavy atom. The summed E-state index contributed by atoms with van der Waals surface area (Å²) in [5.41, 5.74) is 0.268. The fourth-order valence-corrected chi connectivity index (χ4v) is 2.32. The van der Waals surface area contributed by atoms with E-state index in [9.17, 15) is 4.79 Å². The molecule has 3 rings (SSSR count). The van der Waals surface area contributed by atoms with Crippen LogP contribution in [0.5, 0.6) is 0 Å². The number of aromatic nitrogens is 3. The number of hydrogen-bond acceptors (Lipinski definition) is 4. The summed E-state index contributed by atoms with van der Waals surface area (Å²) in [5.74, 6) is -3.66. The van der Waals surface area contributed by atoms with Crippen LogP contribution in [0.3, 0.4) is 0 Å². The van der Waals surface area contributed by atoms with Gasteiger partial charge in [-0.2, -0.15) is 0 Å². The van der Waals surface area contributed by atoms with E-state index in [1.807, 2.05) is 0 Å². The number of amides is 1. The van der Waals surface area contributed by atoms with Gasteiger partial charge in [0.25, 0.3) is 6.54 Å². The van der Waals surface area contributed by atoms with Crippen LogP contribution >= 0.6 is 0 Å². The maximum Gasteiger partial charge on any atom is 0.302 e. The molecule has 1 fully saturated rings. The first-order valence-corrected chi connectivity index (χ1v) is 6.83. The van der Waals surface area contributed by atoms with Gasteiger partial charge in [-0.15, -0.1) is 0 Å². The lowest BCUT2D eigenvalue weighted by molar-refractivity contribution is -0.130. The highest BCUT2D eigenvalue weighted by Gasteiger charge is 2.33. The van der Waals surface area contributed by atoms with Gasteiger partial charge in [0, 0.05) is 33.1 Å². The molecule has 23 heavy (non-hydrogen) atoms. The average molecular weight is 320 g/mol. The largest absolute Gasteiger partial charge is 0.354 e. The van der Waals surface area contributed by atoms with Crippen LogP contribution in [-0.4, -0.2) is 58.4 Å². The van der Waals surface area contributed by atoms with Gasteiger partial charge >= 0.3 is 5.91 Å². The number of nitrogens with one attached hydrogen (secondary N) is 1. The van der Waals surface area contributed by atoms with E-state index in [4.69, 9.17) is 17.5 Å². The van der Waals surface area contributed by atoms with Crippen LogP contribution in [0.2, 0.25) is 0 Å². The number of carbonyl (C=O) groups excluding carboxylic acids is 1. The summed E-state index contributed by atoms with van der Waals surface area (Å²) in [7, 11) is 1.33. The molecule has 120 valence electrons. The van der Waals surface area contributed by atoms with Crippen molar-refractivity contribution in [3.8, 4) is 0 Å². The second kappa shape index (κ2) is 6.24. The molecule has 0 bridgehead atoms. The van der Waals surface area contributed by atoms with E-state index in [1.54, 1.807) is 6.07 Å². The molecule has 0 aliphatic carbocycles. The first kappa shape index (κ1) is 8.29. The van der Waals surface area contributed by atoms with Crippen molar-refractivity contribution in [2.75, 3.05) is 31.5 Å². The molecule has 0 unspecified atom stereocenters. The van der Waals surface area contributed by atoms with E-state index in [0.717, 1.165) is 11.8 Å². The highest BCUT2D eigenvalue weighted by molar-refractivity contribution is 5.87. The lowest BCUT2D eigenvalue weighted by Gasteiger charge is -2.41. The molecule has 1 aliphatic rings. The molecule has 0 radical (unpaired) electrons. The standard InChI is InChI=1S/C16H20N6O/c1-11-5-7-22(14(23)8-17-2)9-13(11)21(3)16-12-4-6-18-15(12)19-10-20-16/h4,6,10-11,13H,5,7-9H2,1,3H3,(H,18,19,20)/t11-,13+/m1/s1/i5D2,7D2,9D2,10D,11D. The summed E-state index contributed by atoms with van der Waals surface area (Å²) < 4.78 is 67.1. The van der Waals surface area contributed by atoms with Crippen molar-refractivity contribution in [3.63, 3.8) is 0 Å². The molecule has 1 saturated heterocycles. The number of piperidine rings is 1. The minimum atomic E-state index is -3.22. The first-order chi connectivity index (χ1) is 14.1. The molecule has 1 amide bonds. The second-order valence-electron chi connectivity index (χ2n) is 4.99. The van der Waals surface area contributed by atoms with Crippen LogP contribution in [0.25, 0.3) is 15.9 Å². The van der Waals surface area contributed by atoms with Crippen LogP contribution in [0.15, 0.2) is 18.6 Å². The third-order valence-electron chi connectivity index (χ3n) is 3.50. The van der Waals surface area contributed by atoms with Gasteiger partial charge in [0.2, 0.25) is 0 Å². The van der Waals surface area contributed by atoms with Gasteiger partial charge in [-0.1, -0.05) is 6.92 Å². The zero-order valence-corrected chi connectivity index (χ0v) is 12.6. The topological polar surface area (TPSA) is 69.5 Å². The van der Waals surface area contributed by atoms with E-state index in [0.29, 0.717) is 5.39 Å². The summed E-state index contributed by atoms with van der Waals surface area (Å²) in [4.78, 5) is 27.4. The molecule has 2 aromatic heterocycles. The first-order valence-electron chi connectivity index (χ1n) is 10.8. The molecule has 3 heterocycles. The summed E-state index contributed by atoms with van der Waals surface area (Å²) >= 11 is 0. The number of fused-ring (bicyclic) bond motifs is 1. The van der Waals surface area contributed by atoms with Gasteiger partial charge in [-0.05, 0) is 18.3 Å². The van der Waals surface area contributed by atoms with Gasteiger partial charge in [0.1, 0.15) is 19.1 Å². The van der Waals surface area contributed by atoms with Crippen molar-refractivity contribution in [2.45, 2.75) is 19.3 Å². The summed E-state index contributed by atoms with van der Waals surface area (Å²) in [6.45, 7) is 0.935. The van der Waals surface area contributed by atoms with E-state index in [1.165, 1.54) is 13.2 Å². The molecule has 7 nitrogen and oxygen atoms in total. The lowest BCUT2D eigenvalue weighted by atomic mass is 9.92. The molecule has 2 atom stereocenters. The smallest absolute Gasteiger partial charge is 0.302 e. The zero-order chi connectivity index (χ0) is 23.6.